The fourth-order valence-electron chi connectivity index (χ4n) is 1.78. The van der Waals surface area contributed by atoms with Crippen molar-refractivity contribution in [3.8, 4) is 0 Å². The van der Waals surface area contributed by atoms with E-state index in [4.69, 9.17) is 10.5 Å². The third-order valence-corrected chi connectivity index (χ3v) is 3.47. The van der Waals surface area contributed by atoms with Crippen molar-refractivity contribution in [3.05, 3.63) is 22.4 Å². The lowest BCUT2D eigenvalue weighted by Gasteiger charge is -2.27. The van der Waals surface area contributed by atoms with Crippen molar-refractivity contribution < 1.29 is 4.74 Å². The Balaban J connectivity index is 2.42. The Morgan fingerprint density at radius 1 is 1.56 bits per heavy atom. The Bertz CT molecular complexity index is 264. The number of ether oxygens (including phenoxy) is 1. The molecule has 0 saturated carbocycles. The van der Waals surface area contributed by atoms with Gasteiger partial charge in [0.2, 0.25) is 0 Å². The molecule has 3 nitrogen and oxygen atoms in total. The van der Waals surface area contributed by atoms with Crippen LogP contribution in [0, 0.1) is 0 Å². The molecule has 0 saturated heterocycles. The second-order valence-corrected chi connectivity index (χ2v) is 4.87. The molecule has 16 heavy (non-hydrogen) atoms. The third kappa shape index (κ3) is 4.61. The van der Waals surface area contributed by atoms with Crippen LogP contribution < -0.4 is 5.73 Å². The molecule has 4 heteroatoms. The summed E-state index contributed by atoms with van der Waals surface area (Å²) < 4.78 is 5.26. The van der Waals surface area contributed by atoms with Gasteiger partial charge in [-0.05, 0) is 48.8 Å². The first-order valence-electron chi connectivity index (χ1n) is 5.68. The zero-order valence-corrected chi connectivity index (χ0v) is 11.0. The van der Waals surface area contributed by atoms with Gasteiger partial charge in [0.25, 0.3) is 0 Å². The molecule has 0 spiro atoms. The molecule has 0 fully saturated rings. The highest BCUT2D eigenvalue weighted by Crippen LogP contribution is 2.13. The van der Waals surface area contributed by atoms with E-state index in [1.54, 1.807) is 18.4 Å². The average Bonchev–Trinajstić information content (AvgIpc) is 2.76. The van der Waals surface area contributed by atoms with Gasteiger partial charge in [0.05, 0.1) is 6.61 Å². The van der Waals surface area contributed by atoms with E-state index in [-0.39, 0.29) is 0 Å². The highest BCUT2D eigenvalue weighted by Gasteiger charge is 2.14. The van der Waals surface area contributed by atoms with Crippen LogP contribution in [0.4, 0.5) is 0 Å². The van der Waals surface area contributed by atoms with Gasteiger partial charge in [0, 0.05) is 19.7 Å². The number of nitrogens with two attached hydrogens (primary N) is 1. The number of hydrogen-bond donors (Lipinski definition) is 1. The van der Waals surface area contributed by atoms with Crippen molar-refractivity contribution >= 4 is 11.3 Å². The number of hydrogen-bond acceptors (Lipinski definition) is 4. The van der Waals surface area contributed by atoms with Crippen LogP contribution in [0.5, 0.6) is 0 Å². The normalized spacial score (nSPS) is 13.2. The predicted octanol–water partition coefficient (Wildman–Crippen LogP) is 1.93. The average molecular weight is 242 g/mol. The largest absolute Gasteiger partial charge is 0.383 e. The standard InChI is InChI=1S/C12H22N2OS/c1-14(8-11-5-7-16-10-11)12(9-15-2)4-3-6-13/h5,7,10,12H,3-4,6,8-9,13H2,1-2H3. The molecule has 1 aromatic heterocycles. The van der Waals surface area contributed by atoms with Gasteiger partial charge in [0.15, 0.2) is 0 Å². The van der Waals surface area contributed by atoms with Crippen LogP contribution in [-0.4, -0.2) is 38.3 Å². The number of methoxy groups -OCH3 is 1. The second kappa shape index (κ2) is 7.79. The maximum atomic E-state index is 5.55. The molecule has 0 bridgehead atoms. The number of rotatable bonds is 8. The van der Waals surface area contributed by atoms with E-state index in [1.165, 1.54) is 5.56 Å². The molecule has 1 unspecified atom stereocenters. The minimum Gasteiger partial charge on any atom is -0.383 e. The van der Waals surface area contributed by atoms with E-state index >= 15 is 0 Å². The van der Waals surface area contributed by atoms with Gasteiger partial charge < -0.3 is 10.5 Å². The van der Waals surface area contributed by atoms with Gasteiger partial charge in [-0.2, -0.15) is 11.3 Å². The molecule has 92 valence electrons. The fraction of sp³-hybridized carbons (Fsp3) is 0.667. The first-order chi connectivity index (χ1) is 7.77. The quantitative estimate of drug-likeness (QED) is 0.757. The third-order valence-electron chi connectivity index (χ3n) is 2.74. The number of thiophene rings is 1. The second-order valence-electron chi connectivity index (χ2n) is 4.09. The van der Waals surface area contributed by atoms with Gasteiger partial charge in [-0.15, -0.1) is 0 Å². The first kappa shape index (κ1) is 13.6. The zero-order chi connectivity index (χ0) is 11.8. The lowest BCUT2D eigenvalue weighted by atomic mass is 10.1. The van der Waals surface area contributed by atoms with E-state index in [1.807, 2.05) is 0 Å². The molecule has 1 rings (SSSR count). The summed E-state index contributed by atoms with van der Waals surface area (Å²) >= 11 is 1.75. The summed E-state index contributed by atoms with van der Waals surface area (Å²) in [6, 6.07) is 2.64. The summed E-state index contributed by atoms with van der Waals surface area (Å²) in [6.07, 6.45) is 2.16. The van der Waals surface area contributed by atoms with Gasteiger partial charge in [-0.1, -0.05) is 0 Å². The molecule has 1 aromatic rings. The summed E-state index contributed by atoms with van der Waals surface area (Å²) in [6.45, 7) is 2.52. The van der Waals surface area contributed by atoms with Crippen molar-refractivity contribution in [1.82, 2.24) is 4.90 Å². The molecule has 2 N–H and O–H groups in total. The first-order valence-corrected chi connectivity index (χ1v) is 6.62. The minimum absolute atomic E-state index is 0.466. The Morgan fingerprint density at radius 3 is 2.94 bits per heavy atom. The molecular weight excluding hydrogens is 220 g/mol. The SMILES string of the molecule is COCC(CCCN)N(C)Cc1ccsc1. The van der Waals surface area contributed by atoms with Crippen LogP contribution in [0.2, 0.25) is 0 Å². The molecule has 0 radical (unpaired) electrons. The van der Waals surface area contributed by atoms with Crippen LogP contribution >= 0.6 is 11.3 Å². The maximum absolute atomic E-state index is 5.55. The van der Waals surface area contributed by atoms with Crippen molar-refractivity contribution in [2.75, 3.05) is 27.3 Å². The highest BCUT2D eigenvalue weighted by molar-refractivity contribution is 7.07. The molecular formula is C12H22N2OS. The summed E-state index contributed by atoms with van der Waals surface area (Å²) in [7, 11) is 3.91. The van der Waals surface area contributed by atoms with Gasteiger partial charge in [-0.3, -0.25) is 4.90 Å². The Hall–Kier alpha value is -0.420. The summed E-state index contributed by atoms with van der Waals surface area (Å²) in [5.74, 6) is 0. The van der Waals surface area contributed by atoms with Crippen LogP contribution in [0.15, 0.2) is 16.8 Å². The lowest BCUT2D eigenvalue weighted by Crippen LogP contribution is -2.35. The molecule has 1 heterocycles. The minimum atomic E-state index is 0.466. The predicted molar refractivity (Wildman–Crippen MR) is 69.7 cm³/mol. The van der Waals surface area contributed by atoms with Crippen LogP contribution in [-0.2, 0) is 11.3 Å². The van der Waals surface area contributed by atoms with Crippen LogP contribution in [0.25, 0.3) is 0 Å². The van der Waals surface area contributed by atoms with E-state index in [0.717, 1.165) is 32.5 Å². The van der Waals surface area contributed by atoms with Gasteiger partial charge in [-0.25, -0.2) is 0 Å². The van der Waals surface area contributed by atoms with Crippen molar-refractivity contribution in [1.29, 1.82) is 0 Å². The van der Waals surface area contributed by atoms with Crippen LogP contribution in [0.1, 0.15) is 18.4 Å². The Morgan fingerprint density at radius 2 is 2.38 bits per heavy atom. The summed E-state index contributed by atoms with van der Waals surface area (Å²) in [5.41, 5.74) is 6.93. The lowest BCUT2D eigenvalue weighted by molar-refractivity contribution is 0.0963. The summed E-state index contributed by atoms with van der Waals surface area (Å²) in [5, 5.41) is 4.32. The van der Waals surface area contributed by atoms with Crippen molar-refractivity contribution in [2.24, 2.45) is 5.73 Å². The fourth-order valence-corrected chi connectivity index (χ4v) is 2.44. The zero-order valence-electron chi connectivity index (χ0n) is 10.2. The van der Waals surface area contributed by atoms with E-state index in [9.17, 15) is 0 Å². The highest BCUT2D eigenvalue weighted by atomic mass is 32.1. The van der Waals surface area contributed by atoms with Gasteiger partial charge >= 0.3 is 0 Å². The maximum Gasteiger partial charge on any atom is 0.0618 e. The molecule has 0 aromatic carbocycles. The molecule has 0 aliphatic carbocycles. The number of likely N-dealkylation sites (N-methyl/N-ethyl adjacent to an activating group) is 1. The van der Waals surface area contributed by atoms with Crippen LogP contribution in [0.3, 0.4) is 0 Å². The molecule has 0 aliphatic rings. The Labute approximate surface area is 102 Å². The van der Waals surface area contributed by atoms with E-state index in [0.29, 0.717) is 6.04 Å². The monoisotopic (exact) mass is 242 g/mol. The molecule has 0 amide bonds. The van der Waals surface area contributed by atoms with Crippen molar-refractivity contribution in [3.63, 3.8) is 0 Å². The number of nitrogens with zero attached hydrogens (tertiary/aromatic N) is 1. The van der Waals surface area contributed by atoms with Crippen molar-refractivity contribution in [2.45, 2.75) is 25.4 Å². The topological polar surface area (TPSA) is 38.5 Å². The molecule has 1 atom stereocenters. The Kier molecular flexibility index (Phi) is 6.64. The van der Waals surface area contributed by atoms with E-state index in [2.05, 4.69) is 28.8 Å². The van der Waals surface area contributed by atoms with E-state index < -0.39 is 0 Å². The summed E-state index contributed by atoms with van der Waals surface area (Å²) in [4.78, 5) is 2.35. The van der Waals surface area contributed by atoms with Gasteiger partial charge in [0.1, 0.15) is 0 Å². The smallest absolute Gasteiger partial charge is 0.0618 e. The molecule has 0 aliphatic heterocycles.